The number of hydrogen-bond donors (Lipinski definition) is 1. The van der Waals surface area contributed by atoms with Gasteiger partial charge < -0.3 is 5.73 Å². The van der Waals surface area contributed by atoms with Gasteiger partial charge in [-0.25, -0.2) is 0 Å². The molecule has 120 valence electrons. The fraction of sp³-hybridized carbons (Fsp3) is 0.364. The molecule has 1 atom stereocenters. The lowest BCUT2D eigenvalue weighted by molar-refractivity contribution is 0.559. The van der Waals surface area contributed by atoms with Gasteiger partial charge in [-0.15, -0.1) is 0 Å². The van der Waals surface area contributed by atoms with Gasteiger partial charge in [-0.05, 0) is 77.1 Å². The fourth-order valence-corrected chi connectivity index (χ4v) is 3.48. The topological polar surface area (TPSA) is 26.0 Å². The summed E-state index contributed by atoms with van der Waals surface area (Å²) in [6.45, 7) is 9.01. The lowest BCUT2D eigenvalue weighted by Gasteiger charge is -2.18. The van der Waals surface area contributed by atoms with Crippen LogP contribution in [0.2, 0.25) is 0 Å². The molecule has 1 heteroatoms. The molecule has 0 heterocycles. The van der Waals surface area contributed by atoms with Crippen LogP contribution in [0.1, 0.15) is 54.5 Å². The number of benzene rings is 2. The monoisotopic (exact) mass is 305 g/mol. The van der Waals surface area contributed by atoms with Crippen molar-refractivity contribution < 1.29 is 0 Å². The van der Waals surface area contributed by atoms with Crippen LogP contribution in [0, 0.1) is 5.92 Å². The molecule has 0 saturated carbocycles. The van der Waals surface area contributed by atoms with E-state index in [-0.39, 0.29) is 0 Å². The normalized spacial score (nSPS) is 14.5. The largest absolute Gasteiger partial charge is 0.399 e. The maximum absolute atomic E-state index is 5.82. The van der Waals surface area contributed by atoms with Gasteiger partial charge in [-0.3, -0.25) is 0 Å². The quantitative estimate of drug-likeness (QED) is 0.735. The van der Waals surface area contributed by atoms with Crippen molar-refractivity contribution in [3.8, 4) is 0 Å². The molecular weight excluding hydrogens is 278 g/mol. The van der Waals surface area contributed by atoms with Crippen molar-refractivity contribution in [1.82, 2.24) is 0 Å². The van der Waals surface area contributed by atoms with Crippen molar-refractivity contribution in [2.75, 3.05) is 5.73 Å². The van der Waals surface area contributed by atoms with Crippen molar-refractivity contribution in [2.24, 2.45) is 5.92 Å². The Balaban J connectivity index is 2.02. The molecule has 23 heavy (non-hydrogen) atoms. The second-order valence-corrected chi connectivity index (χ2v) is 6.95. The van der Waals surface area contributed by atoms with Gasteiger partial charge in [0.25, 0.3) is 0 Å². The first-order valence-corrected chi connectivity index (χ1v) is 8.78. The van der Waals surface area contributed by atoms with Crippen LogP contribution in [0.3, 0.4) is 0 Å². The molecule has 0 bridgehead atoms. The Kier molecular flexibility index (Phi) is 4.56. The molecule has 0 fully saturated rings. The van der Waals surface area contributed by atoms with Gasteiger partial charge in [0, 0.05) is 5.69 Å². The van der Waals surface area contributed by atoms with Crippen LogP contribution in [0.5, 0.6) is 0 Å². The average molecular weight is 305 g/mol. The van der Waals surface area contributed by atoms with Crippen LogP contribution in [0.15, 0.2) is 43.0 Å². The number of hydrogen-bond acceptors (Lipinski definition) is 1. The zero-order valence-corrected chi connectivity index (χ0v) is 14.4. The van der Waals surface area contributed by atoms with Crippen molar-refractivity contribution >= 4 is 11.3 Å². The zero-order valence-electron chi connectivity index (χ0n) is 14.4. The van der Waals surface area contributed by atoms with Gasteiger partial charge in [0.1, 0.15) is 0 Å². The molecule has 2 aromatic carbocycles. The third kappa shape index (κ3) is 3.34. The Morgan fingerprint density at radius 1 is 1.13 bits per heavy atom. The summed E-state index contributed by atoms with van der Waals surface area (Å²) < 4.78 is 0. The summed E-state index contributed by atoms with van der Waals surface area (Å²) in [4.78, 5) is 0. The van der Waals surface area contributed by atoms with E-state index in [9.17, 15) is 0 Å². The first-order chi connectivity index (χ1) is 11.1. The Morgan fingerprint density at radius 3 is 2.43 bits per heavy atom. The molecule has 1 aliphatic carbocycles. The van der Waals surface area contributed by atoms with Crippen LogP contribution in [0.25, 0.3) is 5.57 Å². The molecule has 1 unspecified atom stereocenters. The third-order valence-corrected chi connectivity index (χ3v) is 5.17. The summed E-state index contributed by atoms with van der Waals surface area (Å²) in [5.41, 5.74) is 14.8. The Morgan fingerprint density at radius 2 is 1.78 bits per heavy atom. The standard InChI is InChI=1S/C22H27N/c1-4-15(2)12-20-13-18-6-5-7-19(18)14-22(20)16(3)17-8-10-21(23)11-9-17/h8-11,13-15H,3-7,12,23H2,1-2H3. The van der Waals surface area contributed by atoms with Crippen molar-refractivity contribution in [3.63, 3.8) is 0 Å². The van der Waals surface area contributed by atoms with E-state index < -0.39 is 0 Å². The van der Waals surface area contributed by atoms with Crippen LogP contribution in [0.4, 0.5) is 5.69 Å². The number of aryl methyl sites for hydroxylation is 2. The smallest absolute Gasteiger partial charge is 0.0314 e. The van der Waals surface area contributed by atoms with Crippen molar-refractivity contribution in [3.05, 3.63) is 70.8 Å². The molecule has 0 radical (unpaired) electrons. The van der Waals surface area contributed by atoms with Crippen LogP contribution in [-0.4, -0.2) is 0 Å². The predicted molar refractivity (Wildman–Crippen MR) is 101 cm³/mol. The Labute approximate surface area is 140 Å². The summed E-state index contributed by atoms with van der Waals surface area (Å²) in [6.07, 6.45) is 6.08. The Hall–Kier alpha value is -2.02. The molecule has 0 saturated heterocycles. The molecule has 2 aromatic rings. The zero-order chi connectivity index (χ0) is 16.4. The van der Waals surface area contributed by atoms with Gasteiger partial charge in [0.15, 0.2) is 0 Å². The van der Waals surface area contributed by atoms with E-state index >= 15 is 0 Å². The maximum atomic E-state index is 5.82. The summed E-state index contributed by atoms with van der Waals surface area (Å²) in [5, 5.41) is 0. The van der Waals surface area contributed by atoms with Crippen molar-refractivity contribution in [2.45, 2.75) is 46.0 Å². The highest BCUT2D eigenvalue weighted by Gasteiger charge is 2.17. The summed E-state index contributed by atoms with van der Waals surface area (Å²) in [5.74, 6) is 0.701. The maximum Gasteiger partial charge on any atom is 0.0314 e. The van der Waals surface area contributed by atoms with E-state index in [1.807, 2.05) is 12.1 Å². The number of fused-ring (bicyclic) bond motifs is 1. The number of rotatable bonds is 5. The minimum atomic E-state index is 0.701. The number of nitrogen functional groups attached to an aromatic ring is 1. The molecule has 0 spiro atoms. The highest BCUT2D eigenvalue weighted by atomic mass is 14.5. The van der Waals surface area contributed by atoms with E-state index in [2.05, 4.69) is 44.7 Å². The Bertz CT molecular complexity index is 709. The number of nitrogens with two attached hydrogens (primary N) is 1. The van der Waals surface area contributed by atoms with Gasteiger partial charge in [-0.2, -0.15) is 0 Å². The van der Waals surface area contributed by atoms with Gasteiger partial charge >= 0.3 is 0 Å². The van der Waals surface area contributed by atoms with Crippen LogP contribution in [-0.2, 0) is 19.3 Å². The summed E-state index contributed by atoms with van der Waals surface area (Å²) >= 11 is 0. The highest BCUT2D eigenvalue weighted by Crippen LogP contribution is 2.33. The molecule has 1 nitrogen and oxygen atoms in total. The van der Waals surface area contributed by atoms with Gasteiger partial charge in [0.05, 0.1) is 0 Å². The molecule has 0 aliphatic heterocycles. The van der Waals surface area contributed by atoms with Crippen LogP contribution < -0.4 is 5.73 Å². The molecule has 0 amide bonds. The average Bonchev–Trinajstić information content (AvgIpc) is 3.01. The lowest BCUT2D eigenvalue weighted by atomic mass is 9.87. The van der Waals surface area contributed by atoms with E-state index in [0.29, 0.717) is 5.92 Å². The molecule has 3 rings (SSSR count). The first-order valence-electron chi connectivity index (χ1n) is 8.78. The minimum absolute atomic E-state index is 0.701. The van der Waals surface area contributed by atoms with E-state index in [4.69, 9.17) is 5.73 Å². The van der Waals surface area contributed by atoms with E-state index in [1.54, 1.807) is 5.56 Å². The highest BCUT2D eigenvalue weighted by molar-refractivity contribution is 5.81. The first kappa shape index (κ1) is 15.9. The fourth-order valence-electron chi connectivity index (χ4n) is 3.48. The summed E-state index contributed by atoms with van der Waals surface area (Å²) in [7, 11) is 0. The third-order valence-electron chi connectivity index (χ3n) is 5.17. The van der Waals surface area contributed by atoms with Gasteiger partial charge in [-0.1, -0.05) is 51.1 Å². The molecule has 0 aromatic heterocycles. The molecular formula is C22H27N. The molecule has 1 aliphatic rings. The minimum Gasteiger partial charge on any atom is -0.399 e. The number of anilines is 1. The predicted octanol–water partition coefficient (Wildman–Crippen LogP) is 5.41. The van der Waals surface area contributed by atoms with E-state index in [0.717, 1.165) is 17.7 Å². The van der Waals surface area contributed by atoms with Crippen molar-refractivity contribution in [1.29, 1.82) is 0 Å². The molecule has 2 N–H and O–H groups in total. The second-order valence-electron chi connectivity index (χ2n) is 6.95. The SMILES string of the molecule is C=C(c1ccc(N)cc1)c1cc2c(cc1CC(C)CC)CCC2. The lowest BCUT2D eigenvalue weighted by Crippen LogP contribution is -2.04. The summed E-state index contributed by atoms with van der Waals surface area (Å²) in [6, 6.07) is 12.9. The van der Waals surface area contributed by atoms with Gasteiger partial charge in [0.2, 0.25) is 0 Å². The van der Waals surface area contributed by atoms with Crippen LogP contribution >= 0.6 is 0 Å². The second kappa shape index (κ2) is 6.62. The van der Waals surface area contributed by atoms with E-state index in [1.165, 1.54) is 47.9 Å².